The summed E-state index contributed by atoms with van der Waals surface area (Å²) in [6.07, 6.45) is 3.40. The number of nitrogens with zero attached hydrogens (tertiary/aromatic N) is 3. The summed E-state index contributed by atoms with van der Waals surface area (Å²) in [6.45, 7) is 0. The molecule has 0 radical (unpaired) electrons. The van der Waals surface area contributed by atoms with Crippen molar-refractivity contribution >= 4 is 16.9 Å². The molecule has 0 aliphatic heterocycles. The number of aromatic nitrogens is 4. The summed E-state index contributed by atoms with van der Waals surface area (Å²) in [5.41, 5.74) is 7.26. The molecule has 0 aliphatic rings. The molecule has 3 rings (SSSR count). The summed E-state index contributed by atoms with van der Waals surface area (Å²) in [7, 11) is 1.58. The van der Waals surface area contributed by atoms with E-state index in [4.69, 9.17) is 10.5 Å². The second kappa shape index (κ2) is 3.99. The molecule has 0 saturated carbocycles. The van der Waals surface area contributed by atoms with Crippen LogP contribution in [0, 0.1) is 0 Å². The normalized spacial score (nSPS) is 10.7. The van der Waals surface area contributed by atoms with E-state index in [0.29, 0.717) is 34.1 Å². The Morgan fingerprint density at radius 1 is 1.28 bits per heavy atom. The van der Waals surface area contributed by atoms with E-state index in [2.05, 4.69) is 19.9 Å². The van der Waals surface area contributed by atoms with E-state index in [0.717, 1.165) is 0 Å². The molecular formula is C12H11N5O. The quantitative estimate of drug-likeness (QED) is 0.711. The highest BCUT2D eigenvalue weighted by molar-refractivity contribution is 5.93. The van der Waals surface area contributed by atoms with Gasteiger partial charge in [-0.05, 0) is 12.1 Å². The summed E-state index contributed by atoms with van der Waals surface area (Å²) in [6, 6.07) is 5.55. The summed E-state index contributed by atoms with van der Waals surface area (Å²) in [5, 5.41) is 0.692. The molecule has 0 aromatic carbocycles. The van der Waals surface area contributed by atoms with Gasteiger partial charge >= 0.3 is 0 Å². The lowest BCUT2D eigenvalue weighted by Gasteiger charge is -2.03. The molecule has 0 saturated heterocycles. The van der Waals surface area contributed by atoms with Crippen molar-refractivity contribution < 1.29 is 4.74 Å². The molecule has 90 valence electrons. The maximum Gasteiger partial charge on any atom is 0.182 e. The van der Waals surface area contributed by atoms with Crippen LogP contribution < -0.4 is 10.5 Å². The van der Waals surface area contributed by atoms with Crippen LogP contribution in [-0.4, -0.2) is 27.0 Å². The van der Waals surface area contributed by atoms with E-state index in [1.165, 1.54) is 0 Å². The third-order valence-corrected chi connectivity index (χ3v) is 2.64. The van der Waals surface area contributed by atoms with Crippen molar-refractivity contribution in [2.75, 3.05) is 12.8 Å². The highest BCUT2D eigenvalue weighted by Gasteiger charge is 2.13. The molecule has 0 aliphatic carbocycles. The minimum atomic E-state index is 0.374. The lowest BCUT2D eigenvalue weighted by atomic mass is 10.3. The Labute approximate surface area is 103 Å². The van der Waals surface area contributed by atoms with Crippen LogP contribution in [-0.2, 0) is 0 Å². The van der Waals surface area contributed by atoms with Crippen LogP contribution in [0.2, 0.25) is 0 Å². The molecule has 0 unspecified atom stereocenters. The van der Waals surface area contributed by atoms with Gasteiger partial charge in [0.1, 0.15) is 28.3 Å². The molecule has 0 amide bonds. The fourth-order valence-corrected chi connectivity index (χ4v) is 1.80. The van der Waals surface area contributed by atoms with Gasteiger partial charge in [-0.2, -0.15) is 0 Å². The molecule has 18 heavy (non-hydrogen) atoms. The number of pyridine rings is 1. The second-order valence-corrected chi connectivity index (χ2v) is 3.73. The number of nitrogen functional groups attached to an aromatic ring is 1. The third kappa shape index (κ3) is 1.55. The zero-order valence-corrected chi connectivity index (χ0v) is 9.71. The van der Waals surface area contributed by atoms with Crippen LogP contribution in [0.1, 0.15) is 0 Å². The number of anilines is 1. The first-order valence-electron chi connectivity index (χ1n) is 5.39. The predicted octanol–water partition coefficient (Wildman–Crippen LogP) is 1.61. The van der Waals surface area contributed by atoms with Crippen molar-refractivity contribution in [1.29, 1.82) is 0 Å². The summed E-state index contributed by atoms with van der Waals surface area (Å²) in [4.78, 5) is 15.8. The molecule has 6 heteroatoms. The number of rotatable bonds is 2. The maximum absolute atomic E-state index is 5.94. The van der Waals surface area contributed by atoms with Gasteiger partial charge in [0, 0.05) is 12.4 Å². The van der Waals surface area contributed by atoms with Gasteiger partial charge in [-0.15, -0.1) is 0 Å². The molecule has 0 spiro atoms. The first kappa shape index (κ1) is 10.5. The average molecular weight is 241 g/mol. The van der Waals surface area contributed by atoms with Gasteiger partial charge in [-0.25, -0.2) is 9.97 Å². The smallest absolute Gasteiger partial charge is 0.182 e. The zero-order valence-electron chi connectivity index (χ0n) is 9.71. The van der Waals surface area contributed by atoms with Gasteiger partial charge in [0.15, 0.2) is 5.82 Å². The third-order valence-electron chi connectivity index (χ3n) is 2.64. The molecule has 3 heterocycles. The Balaban J connectivity index is 2.23. The SMILES string of the molecule is COc1c[nH]c2nc(-c3ccccn3)nc(N)c12. The van der Waals surface area contributed by atoms with Crippen molar-refractivity contribution in [2.45, 2.75) is 0 Å². The van der Waals surface area contributed by atoms with Gasteiger partial charge < -0.3 is 15.5 Å². The van der Waals surface area contributed by atoms with Crippen molar-refractivity contribution in [2.24, 2.45) is 0 Å². The zero-order chi connectivity index (χ0) is 12.5. The largest absolute Gasteiger partial charge is 0.494 e. The van der Waals surface area contributed by atoms with Crippen molar-refractivity contribution in [3.8, 4) is 17.3 Å². The van der Waals surface area contributed by atoms with Crippen LogP contribution in [0.15, 0.2) is 30.6 Å². The fraction of sp³-hybridized carbons (Fsp3) is 0.0833. The molecular weight excluding hydrogens is 230 g/mol. The molecule has 3 aromatic heterocycles. The van der Waals surface area contributed by atoms with Crippen LogP contribution in [0.4, 0.5) is 5.82 Å². The van der Waals surface area contributed by atoms with E-state index in [9.17, 15) is 0 Å². The number of ether oxygens (including phenoxy) is 1. The van der Waals surface area contributed by atoms with E-state index in [1.807, 2.05) is 18.2 Å². The standard InChI is InChI=1S/C12H11N5O/c1-18-8-6-15-12-9(8)10(13)16-11(17-12)7-4-2-3-5-14-7/h2-6H,1H3,(H3,13,15,16,17). The lowest BCUT2D eigenvalue weighted by Crippen LogP contribution is -1.98. The Bertz CT molecular complexity index is 692. The van der Waals surface area contributed by atoms with E-state index in [-0.39, 0.29) is 0 Å². The molecule has 0 bridgehead atoms. The van der Waals surface area contributed by atoms with Crippen molar-refractivity contribution in [3.63, 3.8) is 0 Å². The monoisotopic (exact) mass is 241 g/mol. The molecule has 0 fully saturated rings. The number of nitrogens with two attached hydrogens (primary N) is 1. The summed E-state index contributed by atoms with van der Waals surface area (Å²) >= 11 is 0. The van der Waals surface area contributed by atoms with Crippen LogP contribution in [0.5, 0.6) is 5.75 Å². The number of aromatic amines is 1. The Morgan fingerprint density at radius 2 is 2.17 bits per heavy atom. The first-order valence-corrected chi connectivity index (χ1v) is 5.39. The molecule has 3 aromatic rings. The predicted molar refractivity (Wildman–Crippen MR) is 68.1 cm³/mol. The van der Waals surface area contributed by atoms with Gasteiger partial charge in [-0.3, -0.25) is 4.98 Å². The number of methoxy groups -OCH3 is 1. The number of nitrogens with one attached hydrogen (secondary N) is 1. The number of hydrogen-bond acceptors (Lipinski definition) is 5. The van der Waals surface area contributed by atoms with Gasteiger partial charge in [0.2, 0.25) is 0 Å². The summed E-state index contributed by atoms with van der Waals surface area (Å²) < 4.78 is 5.19. The highest BCUT2D eigenvalue weighted by atomic mass is 16.5. The number of fused-ring (bicyclic) bond motifs is 1. The molecule has 6 nitrogen and oxygen atoms in total. The van der Waals surface area contributed by atoms with Gasteiger partial charge in [-0.1, -0.05) is 6.07 Å². The lowest BCUT2D eigenvalue weighted by molar-refractivity contribution is 0.420. The average Bonchev–Trinajstić information content (AvgIpc) is 2.83. The topological polar surface area (TPSA) is 89.7 Å². The number of H-pyrrole nitrogens is 1. The fourth-order valence-electron chi connectivity index (χ4n) is 1.80. The van der Waals surface area contributed by atoms with Crippen LogP contribution in [0.3, 0.4) is 0 Å². The van der Waals surface area contributed by atoms with E-state index >= 15 is 0 Å². The highest BCUT2D eigenvalue weighted by Crippen LogP contribution is 2.29. The Kier molecular flexibility index (Phi) is 2.33. The van der Waals surface area contributed by atoms with Crippen LogP contribution in [0.25, 0.3) is 22.6 Å². The minimum absolute atomic E-state index is 0.374. The Morgan fingerprint density at radius 3 is 2.89 bits per heavy atom. The van der Waals surface area contributed by atoms with E-state index in [1.54, 1.807) is 19.5 Å². The maximum atomic E-state index is 5.94. The minimum Gasteiger partial charge on any atom is -0.494 e. The van der Waals surface area contributed by atoms with Crippen LogP contribution >= 0.6 is 0 Å². The first-order chi connectivity index (χ1) is 8.79. The van der Waals surface area contributed by atoms with Gasteiger partial charge in [0.05, 0.1) is 7.11 Å². The molecule has 0 atom stereocenters. The number of hydrogen-bond donors (Lipinski definition) is 2. The van der Waals surface area contributed by atoms with E-state index < -0.39 is 0 Å². The Hall–Kier alpha value is -2.63. The van der Waals surface area contributed by atoms with Crippen molar-refractivity contribution in [1.82, 2.24) is 19.9 Å². The summed E-state index contributed by atoms with van der Waals surface area (Å²) in [5.74, 6) is 1.50. The van der Waals surface area contributed by atoms with Gasteiger partial charge in [0.25, 0.3) is 0 Å². The second-order valence-electron chi connectivity index (χ2n) is 3.73. The van der Waals surface area contributed by atoms with Crippen molar-refractivity contribution in [3.05, 3.63) is 30.6 Å². The molecule has 3 N–H and O–H groups in total.